The van der Waals surface area contributed by atoms with Crippen LogP contribution in [0.3, 0.4) is 0 Å². The summed E-state index contributed by atoms with van der Waals surface area (Å²) in [6, 6.07) is 11.8. The van der Waals surface area contributed by atoms with Crippen molar-refractivity contribution >= 4 is 27.5 Å². The fraction of sp³-hybridized carbons (Fsp3) is 0.286. The van der Waals surface area contributed by atoms with Crippen molar-refractivity contribution in [2.45, 2.75) is 20.8 Å². The summed E-state index contributed by atoms with van der Waals surface area (Å²) in [5, 5.41) is 3.82. The average molecular weight is 338 g/mol. The molecule has 130 valence electrons. The molecule has 0 aliphatic carbocycles. The predicted octanol–water partition coefficient (Wildman–Crippen LogP) is 4.89. The molecule has 4 heteroatoms. The Balaban J connectivity index is 2.40. The summed E-state index contributed by atoms with van der Waals surface area (Å²) in [6.07, 6.45) is 0. The highest BCUT2D eigenvalue weighted by Crippen LogP contribution is 2.38. The Morgan fingerprint density at radius 2 is 1.56 bits per heavy atom. The third-order valence-electron chi connectivity index (χ3n) is 4.18. The van der Waals surface area contributed by atoms with Crippen molar-refractivity contribution in [1.29, 1.82) is 0 Å². The summed E-state index contributed by atoms with van der Waals surface area (Å²) >= 11 is 0. The van der Waals surface area contributed by atoms with Gasteiger partial charge in [0.05, 0.1) is 25.9 Å². The third-order valence-corrected chi connectivity index (χ3v) is 4.18. The fourth-order valence-electron chi connectivity index (χ4n) is 3.09. The Morgan fingerprint density at radius 3 is 2.20 bits per heavy atom. The molecule has 0 aromatic heterocycles. The molecule has 0 saturated carbocycles. The van der Waals surface area contributed by atoms with Crippen LogP contribution in [0.15, 0.2) is 36.4 Å². The SMILES string of the molecule is CCOc1cc2cc(C(=O)OC)c3ccc(C)cc3c2cc1OCC. The first-order valence-electron chi connectivity index (χ1n) is 8.44. The van der Waals surface area contributed by atoms with Gasteiger partial charge in [0.2, 0.25) is 0 Å². The largest absolute Gasteiger partial charge is 0.490 e. The minimum Gasteiger partial charge on any atom is -0.490 e. The van der Waals surface area contributed by atoms with Crippen LogP contribution in [-0.2, 0) is 4.74 Å². The quantitative estimate of drug-likeness (QED) is 0.491. The predicted molar refractivity (Wildman–Crippen MR) is 99.9 cm³/mol. The molecule has 25 heavy (non-hydrogen) atoms. The number of carbonyl (C=O) groups excluding carboxylic acids is 1. The standard InChI is InChI=1S/C21H22O4/c1-5-24-19-11-14-10-18(21(22)23-4)15-8-7-13(3)9-17(15)16(14)12-20(19)25-6-2/h7-12H,5-6H2,1-4H3. The summed E-state index contributed by atoms with van der Waals surface area (Å²) < 4.78 is 16.4. The van der Waals surface area contributed by atoms with Crippen LogP contribution >= 0.6 is 0 Å². The highest BCUT2D eigenvalue weighted by atomic mass is 16.5. The zero-order valence-corrected chi connectivity index (χ0v) is 15.0. The van der Waals surface area contributed by atoms with E-state index in [1.54, 1.807) is 0 Å². The van der Waals surface area contributed by atoms with Crippen molar-refractivity contribution in [3.05, 3.63) is 47.5 Å². The summed E-state index contributed by atoms with van der Waals surface area (Å²) in [7, 11) is 1.40. The lowest BCUT2D eigenvalue weighted by atomic mass is 9.95. The molecule has 0 saturated heterocycles. The maximum absolute atomic E-state index is 12.3. The van der Waals surface area contributed by atoms with Gasteiger partial charge in [0.15, 0.2) is 11.5 Å². The molecular formula is C21H22O4. The number of aryl methyl sites for hydroxylation is 1. The Morgan fingerprint density at radius 1 is 0.880 bits per heavy atom. The Bertz CT molecular complexity index is 944. The maximum atomic E-state index is 12.3. The van der Waals surface area contributed by atoms with Crippen molar-refractivity contribution in [3.63, 3.8) is 0 Å². The molecule has 0 atom stereocenters. The Labute approximate surface area is 147 Å². The average Bonchev–Trinajstić information content (AvgIpc) is 2.61. The van der Waals surface area contributed by atoms with Crippen LogP contribution in [0, 0.1) is 6.92 Å². The van der Waals surface area contributed by atoms with Crippen LogP contribution in [0.2, 0.25) is 0 Å². The van der Waals surface area contributed by atoms with Gasteiger partial charge in [-0.1, -0.05) is 23.8 Å². The molecule has 0 aliphatic heterocycles. The zero-order chi connectivity index (χ0) is 18.0. The number of hydrogen-bond donors (Lipinski definition) is 0. The number of carbonyl (C=O) groups is 1. The van der Waals surface area contributed by atoms with Crippen LogP contribution in [0.25, 0.3) is 21.5 Å². The van der Waals surface area contributed by atoms with Crippen LogP contribution < -0.4 is 9.47 Å². The highest BCUT2D eigenvalue weighted by molar-refractivity contribution is 6.16. The minimum atomic E-state index is -0.345. The second-order valence-corrected chi connectivity index (χ2v) is 5.85. The van der Waals surface area contributed by atoms with E-state index in [4.69, 9.17) is 14.2 Å². The first-order valence-corrected chi connectivity index (χ1v) is 8.44. The number of methoxy groups -OCH3 is 1. The van der Waals surface area contributed by atoms with Gasteiger partial charge in [0.25, 0.3) is 0 Å². The van der Waals surface area contributed by atoms with E-state index in [0.29, 0.717) is 30.3 Å². The van der Waals surface area contributed by atoms with Gasteiger partial charge >= 0.3 is 5.97 Å². The normalized spacial score (nSPS) is 10.9. The summed E-state index contributed by atoms with van der Waals surface area (Å²) in [6.45, 7) is 7.02. The van der Waals surface area contributed by atoms with Gasteiger partial charge in [0.1, 0.15) is 0 Å². The lowest BCUT2D eigenvalue weighted by Crippen LogP contribution is -2.03. The molecule has 3 aromatic rings. The molecular weight excluding hydrogens is 316 g/mol. The van der Waals surface area contributed by atoms with E-state index in [9.17, 15) is 4.79 Å². The van der Waals surface area contributed by atoms with Gasteiger partial charge in [-0.25, -0.2) is 4.79 Å². The molecule has 0 fully saturated rings. The summed E-state index contributed by atoms with van der Waals surface area (Å²) in [4.78, 5) is 12.3. The van der Waals surface area contributed by atoms with E-state index in [2.05, 4.69) is 6.07 Å². The Hall–Kier alpha value is -2.75. The molecule has 0 amide bonds. The molecule has 0 bridgehead atoms. The molecule has 0 heterocycles. The molecule has 3 aromatic carbocycles. The van der Waals surface area contributed by atoms with E-state index in [0.717, 1.165) is 27.1 Å². The molecule has 0 unspecified atom stereocenters. The van der Waals surface area contributed by atoms with Crippen LogP contribution in [0.4, 0.5) is 0 Å². The number of ether oxygens (including phenoxy) is 3. The zero-order valence-electron chi connectivity index (χ0n) is 15.0. The van der Waals surface area contributed by atoms with Crippen molar-refractivity contribution in [1.82, 2.24) is 0 Å². The topological polar surface area (TPSA) is 44.8 Å². The van der Waals surface area contributed by atoms with Crippen LogP contribution in [0.5, 0.6) is 11.5 Å². The number of rotatable bonds is 5. The van der Waals surface area contributed by atoms with E-state index < -0.39 is 0 Å². The van der Waals surface area contributed by atoms with E-state index >= 15 is 0 Å². The van der Waals surface area contributed by atoms with Crippen molar-refractivity contribution in [3.8, 4) is 11.5 Å². The maximum Gasteiger partial charge on any atom is 0.338 e. The highest BCUT2D eigenvalue weighted by Gasteiger charge is 2.16. The van der Waals surface area contributed by atoms with Gasteiger partial charge in [-0.15, -0.1) is 0 Å². The van der Waals surface area contributed by atoms with Gasteiger partial charge in [-0.2, -0.15) is 0 Å². The molecule has 0 N–H and O–H groups in total. The van der Waals surface area contributed by atoms with E-state index in [-0.39, 0.29) is 5.97 Å². The first-order chi connectivity index (χ1) is 12.1. The third kappa shape index (κ3) is 3.12. The van der Waals surface area contributed by atoms with Gasteiger partial charge in [0, 0.05) is 0 Å². The molecule has 0 radical (unpaired) electrons. The van der Waals surface area contributed by atoms with Crippen molar-refractivity contribution in [2.24, 2.45) is 0 Å². The monoisotopic (exact) mass is 338 g/mol. The second kappa shape index (κ2) is 7.01. The molecule has 0 aliphatic rings. The van der Waals surface area contributed by atoms with E-state index in [1.165, 1.54) is 7.11 Å². The second-order valence-electron chi connectivity index (χ2n) is 5.85. The van der Waals surface area contributed by atoms with Gasteiger partial charge in [-0.3, -0.25) is 0 Å². The fourth-order valence-corrected chi connectivity index (χ4v) is 3.09. The molecule has 3 rings (SSSR count). The van der Waals surface area contributed by atoms with Crippen LogP contribution in [-0.4, -0.2) is 26.3 Å². The number of esters is 1. The van der Waals surface area contributed by atoms with Crippen LogP contribution in [0.1, 0.15) is 29.8 Å². The summed E-state index contributed by atoms with van der Waals surface area (Å²) in [5.41, 5.74) is 1.68. The smallest absolute Gasteiger partial charge is 0.338 e. The number of hydrogen-bond acceptors (Lipinski definition) is 4. The lowest BCUT2D eigenvalue weighted by Gasteiger charge is -2.15. The van der Waals surface area contributed by atoms with E-state index in [1.807, 2.05) is 51.1 Å². The van der Waals surface area contributed by atoms with Gasteiger partial charge in [-0.05, 0) is 60.5 Å². The number of benzene rings is 3. The Kier molecular flexibility index (Phi) is 4.79. The van der Waals surface area contributed by atoms with Crippen molar-refractivity contribution in [2.75, 3.05) is 20.3 Å². The molecule has 0 spiro atoms. The molecule has 4 nitrogen and oxygen atoms in total. The van der Waals surface area contributed by atoms with Crippen molar-refractivity contribution < 1.29 is 19.0 Å². The minimum absolute atomic E-state index is 0.345. The number of fused-ring (bicyclic) bond motifs is 3. The first kappa shape index (κ1) is 17.1. The lowest BCUT2D eigenvalue weighted by molar-refractivity contribution is 0.0603. The summed E-state index contributed by atoms with van der Waals surface area (Å²) in [5.74, 6) is 1.05. The van der Waals surface area contributed by atoms with Gasteiger partial charge < -0.3 is 14.2 Å².